The molecular weight excluding hydrogens is 296 g/mol. The van der Waals surface area contributed by atoms with Crippen LogP contribution in [0.5, 0.6) is 0 Å². The van der Waals surface area contributed by atoms with Crippen LogP contribution in [0.4, 0.5) is 0 Å². The molecule has 94 valence electrons. The number of nitrogens with zero attached hydrogens (tertiary/aromatic N) is 3. The van der Waals surface area contributed by atoms with Crippen molar-refractivity contribution in [2.45, 2.75) is 31.7 Å². The van der Waals surface area contributed by atoms with Gasteiger partial charge in [0.1, 0.15) is 0 Å². The van der Waals surface area contributed by atoms with Crippen molar-refractivity contribution in [3.63, 3.8) is 0 Å². The van der Waals surface area contributed by atoms with E-state index in [1.54, 1.807) is 0 Å². The highest BCUT2D eigenvalue weighted by atomic mass is 79.9. The van der Waals surface area contributed by atoms with Crippen molar-refractivity contribution in [2.24, 2.45) is 11.8 Å². The van der Waals surface area contributed by atoms with E-state index in [4.69, 9.17) is 0 Å². The van der Waals surface area contributed by atoms with Gasteiger partial charge in [0.2, 0.25) is 0 Å². The third-order valence-electron chi connectivity index (χ3n) is 4.47. The van der Waals surface area contributed by atoms with Crippen molar-refractivity contribution in [1.82, 2.24) is 19.5 Å². The second kappa shape index (κ2) is 3.66. The SMILES string of the molecule is O=c1[nH]cnc2c1nc(Br)n2C1CC2CCC1C2. The largest absolute Gasteiger partial charge is 0.311 e. The number of H-pyrrole nitrogens is 1. The zero-order valence-electron chi connectivity index (χ0n) is 9.77. The summed E-state index contributed by atoms with van der Waals surface area (Å²) in [5.74, 6) is 1.58. The Hall–Kier alpha value is -1.17. The van der Waals surface area contributed by atoms with Crippen LogP contribution in [0.3, 0.4) is 0 Å². The molecule has 2 saturated carbocycles. The predicted molar refractivity (Wildman–Crippen MR) is 70.3 cm³/mol. The van der Waals surface area contributed by atoms with Crippen LogP contribution < -0.4 is 5.56 Å². The normalized spacial score (nSPS) is 30.4. The monoisotopic (exact) mass is 308 g/mol. The van der Waals surface area contributed by atoms with Gasteiger partial charge in [-0.3, -0.25) is 9.36 Å². The second-order valence-corrected chi connectivity index (χ2v) is 6.11. The lowest BCUT2D eigenvalue weighted by Crippen LogP contribution is -2.17. The van der Waals surface area contributed by atoms with Gasteiger partial charge in [0.05, 0.1) is 6.33 Å². The number of hydrogen-bond acceptors (Lipinski definition) is 3. The lowest BCUT2D eigenvalue weighted by molar-refractivity contribution is 0.331. The summed E-state index contributed by atoms with van der Waals surface area (Å²) in [6.07, 6.45) is 6.63. The number of fused-ring (bicyclic) bond motifs is 3. The van der Waals surface area contributed by atoms with E-state index in [0.29, 0.717) is 17.2 Å². The molecule has 0 aromatic carbocycles. The van der Waals surface area contributed by atoms with Crippen molar-refractivity contribution < 1.29 is 0 Å². The molecule has 1 N–H and O–H groups in total. The zero-order valence-corrected chi connectivity index (χ0v) is 11.4. The molecule has 0 spiro atoms. The van der Waals surface area contributed by atoms with E-state index in [1.165, 1.54) is 32.0 Å². The average molecular weight is 309 g/mol. The summed E-state index contributed by atoms with van der Waals surface area (Å²) in [6, 6.07) is 0.456. The van der Waals surface area contributed by atoms with E-state index in [9.17, 15) is 4.79 Å². The molecule has 2 aliphatic rings. The molecular formula is C12H13BrN4O. The van der Waals surface area contributed by atoms with Crippen molar-refractivity contribution in [1.29, 1.82) is 0 Å². The second-order valence-electron chi connectivity index (χ2n) is 5.40. The van der Waals surface area contributed by atoms with Crippen LogP contribution in [-0.2, 0) is 0 Å². The molecule has 5 nitrogen and oxygen atoms in total. The third-order valence-corrected chi connectivity index (χ3v) is 5.03. The molecule has 3 atom stereocenters. The van der Waals surface area contributed by atoms with Crippen LogP contribution in [0.1, 0.15) is 31.7 Å². The molecule has 6 heteroatoms. The molecule has 0 saturated heterocycles. The van der Waals surface area contributed by atoms with Crippen molar-refractivity contribution >= 4 is 27.1 Å². The first kappa shape index (κ1) is 10.7. The van der Waals surface area contributed by atoms with E-state index in [2.05, 4.69) is 35.4 Å². The molecule has 0 radical (unpaired) electrons. The van der Waals surface area contributed by atoms with Gasteiger partial charge in [-0.05, 0) is 47.0 Å². The Balaban J connectivity index is 1.92. The molecule has 3 unspecified atom stereocenters. The summed E-state index contributed by atoms with van der Waals surface area (Å²) < 4.78 is 2.85. The number of rotatable bonds is 1. The lowest BCUT2D eigenvalue weighted by atomic mass is 9.95. The molecule has 18 heavy (non-hydrogen) atoms. The van der Waals surface area contributed by atoms with Crippen LogP contribution in [0.15, 0.2) is 15.9 Å². The highest BCUT2D eigenvalue weighted by Gasteiger charge is 2.41. The minimum absolute atomic E-state index is 0.164. The fourth-order valence-corrected chi connectivity index (χ4v) is 4.32. The average Bonchev–Trinajstić information content (AvgIpc) is 3.02. The van der Waals surface area contributed by atoms with Gasteiger partial charge in [-0.1, -0.05) is 6.42 Å². The van der Waals surface area contributed by atoms with Gasteiger partial charge in [-0.15, -0.1) is 0 Å². The Morgan fingerprint density at radius 3 is 3.00 bits per heavy atom. The van der Waals surface area contributed by atoms with Crippen LogP contribution in [-0.4, -0.2) is 19.5 Å². The summed E-state index contributed by atoms with van der Waals surface area (Å²) in [7, 11) is 0. The van der Waals surface area contributed by atoms with Crippen molar-refractivity contribution in [3.05, 3.63) is 21.4 Å². The first-order chi connectivity index (χ1) is 8.74. The van der Waals surface area contributed by atoms with Crippen molar-refractivity contribution in [3.8, 4) is 0 Å². The smallest absolute Gasteiger partial charge is 0.278 e. The molecule has 2 aliphatic carbocycles. The minimum atomic E-state index is -0.164. The number of hydrogen-bond donors (Lipinski definition) is 1. The molecule has 2 aromatic rings. The number of aromatic amines is 1. The maximum absolute atomic E-state index is 11.7. The quantitative estimate of drug-likeness (QED) is 0.822. The molecule has 2 fully saturated rings. The van der Waals surface area contributed by atoms with Gasteiger partial charge >= 0.3 is 0 Å². The Labute approximate surface area is 112 Å². The Morgan fingerprint density at radius 1 is 1.39 bits per heavy atom. The summed E-state index contributed by atoms with van der Waals surface area (Å²) >= 11 is 3.48. The molecule has 2 heterocycles. The Bertz CT molecular complexity index is 676. The topological polar surface area (TPSA) is 63.6 Å². The van der Waals surface area contributed by atoms with Crippen LogP contribution in [0, 0.1) is 11.8 Å². The predicted octanol–water partition coefficient (Wildman–Crippen LogP) is 2.24. The van der Waals surface area contributed by atoms with Crippen LogP contribution >= 0.6 is 15.9 Å². The highest BCUT2D eigenvalue weighted by Crippen LogP contribution is 2.51. The van der Waals surface area contributed by atoms with Gasteiger partial charge in [-0.2, -0.15) is 0 Å². The number of imidazole rings is 1. The van der Waals surface area contributed by atoms with Gasteiger partial charge in [0.25, 0.3) is 5.56 Å². The summed E-state index contributed by atoms with van der Waals surface area (Å²) in [6.45, 7) is 0. The minimum Gasteiger partial charge on any atom is -0.311 e. The number of nitrogens with one attached hydrogen (secondary N) is 1. The molecule has 0 aliphatic heterocycles. The molecule has 2 aromatic heterocycles. The van der Waals surface area contributed by atoms with Crippen LogP contribution in [0.25, 0.3) is 11.2 Å². The Kier molecular flexibility index (Phi) is 2.18. The Morgan fingerprint density at radius 2 is 2.28 bits per heavy atom. The summed E-state index contributed by atoms with van der Waals surface area (Å²) in [5.41, 5.74) is 0.984. The maximum Gasteiger partial charge on any atom is 0.278 e. The highest BCUT2D eigenvalue weighted by molar-refractivity contribution is 9.10. The fourth-order valence-electron chi connectivity index (χ4n) is 3.71. The van der Waals surface area contributed by atoms with E-state index in [0.717, 1.165) is 16.6 Å². The zero-order chi connectivity index (χ0) is 12.3. The molecule has 2 bridgehead atoms. The number of aromatic nitrogens is 4. The van der Waals surface area contributed by atoms with E-state index in [1.807, 2.05) is 0 Å². The summed E-state index contributed by atoms with van der Waals surface area (Å²) in [4.78, 5) is 22.9. The van der Waals surface area contributed by atoms with Crippen LogP contribution in [0.2, 0.25) is 0 Å². The van der Waals surface area contributed by atoms with E-state index < -0.39 is 0 Å². The van der Waals surface area contributed by atoms with Crippen molar-refractivity contribution in [2.75, 3.05) is 0 Å². The number of halogens is 1. The van der Waals surface area contributed by atoms with E-state index >= 15 is 0 Å². The van der Waals surface area contributed by atoms with E-state index in [-0.39, 0.29) is 5.56 Å². The van der Waals surface area contributed by atoms with Gasteiger partial charge in [-0.25, -0.2) is 9.97 Å². The first-order valence-electron chi connectivity index (χ1n) is 6.35. The standard InChI is InChI=1S/C12H13BrN4O/c13-12-16-9-10(14-5-15-11(9)18)17(12)8-4-6-1-2-7(8)3-6/h5-8H,1-4H2,(H,14,15,18). The summed E-state index contributed by atoms with van der Waals surface area (Å²) in [5, 5.41) is 0. The molecule has 0 amide bonds. The first-order valence-corrected chi connectivity index (χ1v) is 7.14. The fraction of sp³-hybridized carbons (Fsp3) is 0.583. The van der Waals surface area contributed by atoms with Gasteiger partial charge in [0, 0.05) is 6.04 Å². The van der Waals surface area contributed by atoms with Gasteiger partial charge in [0.15, 0.2) is 15.9 Å². The van der Waals surface area contributed by atoms with Gasteiger partial charge < -0.3 is 4.98 Å². The lowest BCUT2D eigenvalue weighted by Gasteiger charge is -2.23. The maximum atomic E-state index is 11.7. The molecule has 4 rings (SSSR count). The third kappa shape index (κ3) is 1.35.